The van der Waals surface area contributed by atoms with Gasteiger partial charge in [0.2, 0.25) is 11.8 Å². The van der Waals surface area contributed by atoms with Gasteiger partial charge in [-0.15, -0.1) is 0 Å². The number of nitrogens with one attached hydrogen (secondary N) is 1. The van der Waals surface area contributed by atoms with Crippen LogP contribution in [-0.4, -0.2) is 50.8 Å². The largest absolute Gasteiger partial charge is 0.416 e. The monoisotopic (exact) mass is 595 g/mol. The molecule has 2 amide bonds. The minimum atomic E-state index is -4.79. The summed E-state index contributed by atoms with van der Waals surface area (Å²) in [4.78, 5) is 27.4. The molecule has 0 spiro atoms. The van der Waals surface area contributed by atoms with Gasteiger partial charge < -0.3 is 10.2 Å². The molecule has 0 saturated carbocycles. The van der Waals surface area contributed by atoms with Gasteiger partial charge >= 0.3 is 6.18 Å². The van der Waals surface area contributed by atoms with Crippen molar-refractivity contribution in [3.8, 4) is 0 Å². The maximum absolute atomic E-state index is 13.7. The average Bonchev–Trinajstić information content (AvgIpc) is 2.92. The van der Waals surface area contributed by atoms with Gasteiger partial charge in [-0.3, -0.25) is 13.9 Å². The van der Waals surface area contributed by atoms with Gasteiger partial charge in [0.05, 0.1) is 21.2 Å². The maximum Gasteiger partial charge on any atom is 0.416 e. The molecule has 0 aliphatic rings. The zero-order chi connectivity index (χ0) is 29.5. The highest BCUT2D eigenvalue weighted by molar-refractivity contribution is 7.92. The fourth-order valence-electron chi connectivity index (χ4n) is 4.01. The molecule has 214 valence electrons. The van der Waals surface area contributed by atoms with Crippen LogP contribution in [0.4, 0.5) is 18.9 Å². The normalized spacial score (nSPS) is 12.4. The fraction of sp³-hybridized carbons (Fsp3) is 0.286. The minimum absolute atomic E-state index is 0.0523. The second kappa shape index (κ2) is 13.2. The van der Waals surface area contributed by atoms with Gasteiger partial charge in [-0.05, 0) is 56.2 Å². The second-order valence-corrected chi connectivity index (χ2v) is 11.2. The van der Waals surface area contributed by atoms with E-state index in [0.29, 0.717) is 23.3 Å². The number of likely N-dealkylation sites (N-methyl/N-ethyl adjacent to an activating group) is 1. The number of carbonyl (C=O) groups excluding carboxylic acids is 2. The van der Waals surface area contributed by atoms with Gasteiger partial charge in [-0.2, -0.15) is 13.2 Å². The zero-order valence-electron chi connectivity index (χ0n) is 21.9. The number of rotatable bonds is 11. The summed E-state index contributed by atoms with van der Waals surface area (Å²) in [5.41, 5.74) is -0.773. The van der Waals surface area contributed by atoms with Crippen molar-refractivity contribution in [3.63, 3.8) is 0 Å². The highest BCUT2D eigenvalue weighted by Crippen LogP contribution is 2.37. The molecule has 0 aliphatic heterocycles. The number of anilines is 1. The van der Waals surface area contributed by atoms with Crippen molar-refractivity contribution < 1.29 is 31.2 Å². The summed E-state index contributed by atoms with van der Waals surface area (Å²) in [6.45, 7) is 2.68. The highest BCUT2D eigenvalue weighted by atomic mass is 35.5. The third-order valence-corrected chi connectivity index (χ3v) is 8.25. The maximum atomic E-state index is 13.7. The molecule has 0 aliphatic carbocycles. The van der Waals surface area contributed by atoms with E-state index in [2.05, 4.69) is 5.32 Å². The molecule has 40 heavy (non-hydrogen) atoms. The Kier molecular flexibility index (Phi) is 10.2. The number of amides is 2. The minimum Gasteiger partial charge on any atom is -0.355 e. The number of hydrogen-bond acceptors (Lipinski definition) is 4. The van der Waals surface area contributed by atoms with Gasteiger partial charge in [0.25, 0.3) is 10.0 Å². The number of nitrogens with zero attached hydrogens (tertiary/aromatic N) is 2. The van der Waals surface area contributed by atoms with Gasteiger partial charge in [-0.1, -0.05) is 60.1 Å². The van der Waals surface area contributed by atoms with Gasteiger partial charge in [-0.25, -0.2) is 8.42 Å². The van der Waals surface area contributed by atoms with Crippen molar-refractivity contribution in [2.24, 2.45) is 0 Å². The van der Waals surface area contributed by atoms with Crippen LogP contribution in [0.2, 0.25) is 5.02 Å². The van der Waals surface area contributed by atoms with E-state index in [-0.39, 0.29) is 16.5 Å². The molecule has 7 nitrogen and oxygen atoms in total. The summed E-state index contributed by atoms with van der Waals surface area (Å²) >= 11 is 6.23. The van der Waals surface area contributed by atoms with E-state index < -0.39 is 51.9 Å². The molecule has 0 saturated heterocycles. The number of benzene rings is 3. The first-order valence-corrected chi connectivity index (χ1v) is 14.2. The van der Waals surface area contributed by atoms with Crippen LogP contribution < -0.4 is 9.62 Å². The van der Waals surface area contributed by atoms with E-state index in [1.807, 2.05) is 30.3 Å². The van der Waals surface area contributed by atoms with Crippen molar-refractivity contribution >= 4 is 39.1 Å². The summed E-state index contributed by atoms with van der Waals surface area (Å²) in [5, 5.41) is 2.34. The van der Waals surface area contributed by atoms with Crippen molar-refractivity contribution in [2.75, 3.05) is 23.9 Å². The number of hydrogen-bond donors (Lipinski definition) is 1. The summed E-state index contributed by atoms with van der Waals surface area (Å²) in [7, 11) is -4.56. The quantitative estimate of drug-likeness (QED) is 0.332. The van der Waals surface area contributed by atoms with Crippen molar-refractivity contribution in [3.05, 3.63) is 95.0 Å². The molecular weight excluding hydrogens is 567 g/mol. The van der Waals surface area contributed by atoms with E-state index in [1.54, 1.807) is 13.0 Å². The Hall–Kier alpha value is -3.57. The summed E-state index contributed by atoms with van der Waals surface area (Å²) < 4.78 is 68.7. The third-order valence-electron chi connectivity index (χ3n) is 6.15. The second-order valence-electron chi connectivity index (χ2n) is 8.88. The smallest absolute Gasteiger partial charge is 0.355 e. The first kappa shape index (κ1) is 31.0. The summed E-state index contributed by atoms with van der Waals surface area (Å²) in [5.74, 6) is -1.25. The molecule has 0 bridgehead atoms. The molecule has 3 aromatic rings. The van der Waals surface area contributed by atoms with E-state index >= 15 is 0 Å². The topological polar surface area (TPSA) is 86.8 Å². The first-order chi connectivity index (χ1) is 18.9. The van der Waals surface area contributed by atoms with Crippen LogP contribution in [0.3, 0.4) is 0 Å². The molecule has 1 atom stereocenters. The summed E-state index contributed by atoms with van der Waals surface area (Å²) in [6, 6.07) is 17.4. The lowest BCUT2D eigenvalue weighted by atomic mass is 10.1. The molecule has 3 rings (SSSR count). The Morgan fingerprint density at radius 3 is 2.15 bits per heavy atom. The molecule has 0 aromatic heterocycles. The SMILES string of the molecule is CCNC(=O)[C@@H](C)N(CCc1ccccc1)C(=O)CN(c1cc(C(F)(F)F)ccc1Cl)S(=O)(=O)c1ccccc1. The van der Waals surface area contributed by atoms with Crippen LogP contribution in [0, 0.1) is 0 Å². The number of alkyl halides is 3. The molecular formula is C28H29ClF3N3O4S. The fourth-order valence-corrected chi connectivity index (χ4v) is 5.72. The number of carbonyl (C=O) groups is 2. The van der Waals surface area contributed by atoms with Crippen LogP contribution in [-0.2, 0) is 32.2 Å². The van der Waals surface area contributed by atoms with Gasteiger partial charge in [0.15, 0.2) is 0 Å². The molecule has 12 heteroatoms. The van der Waals surface area contributed by atoms with E-state index in [4.69, 9.17) is 11.6 Å². The lowest BCUT2D eigenvalue weighted by molar-refractivity contribution is -0.138. The van der Waals surface area contributed by atoms with E-state index in [0.717, 1.165) is 17.7 Å². The molecule has 0 heterocycles. The Morgan fingerprint density at radius 2 is 1.57 bits per heavy atom. The Bertz CT molecular complexity index is 1420. The lowest BCUT2D eigenvalue weighted by Crippen LogP contribution is -2.52. The predicted octanol–water partition coefficient (Wildman–Crippen LogP) is 5.15. The predicted molar refractivity (Wildman–Crippen MR) is 147 cm³/mol. The zero-order valence-corrected chi connectivity index (χ0v) is 23.4. The van der Waals surface area contributed by atoms with Crippen LogP contribution >= 0.6 is 11.6 Å². The molecule has 0 unspecified atom stereocenters. The van der Waals surface area contributed by atoms with Crippen LogP contribution in [0.5, 0.6) is 0 Å². The van der Waals surface area contributed by atoms with E-state index in [9.17, 15) is 31.2 Å². The first-order valence-electron chi connectivity index (χ1n) is 12.4. The lowest BCUT2D eigenvalue weighted by Gasteiger charge is -2.32. The number of sulfonamides is 1. The summed E-state index contributed by atoms with van der Waals surface area (Å²) in [6.07, 6.45) is -4.44. The van der Waals surface area contributed by atoms with Crippen molar-refractivity contribution in [2.45, 2.75) is 37.4 Å². The van der Waals surface area contributed by atoms with Crippen molar-refractivity contribution in [1.29, 1.82) is 0 Å². The van der Waals surface area contributed by atoms with Crippen molar-refractivity contribution in [1.82, 2.24) is 10.2 Å². The average molecular weight is 596 g/mol. The Balaban J connectivity index is 2.07. The van der Waals surface area contributed by atoms with Crippen LogP contribution in [0.1, 0.15) is 25.0 Å². The van der Waals surface area contributed by atoms with Crippen LogP contribution in [0.25, 0.3) is 0 Å². The molecule has 1 N–H and O–H groups in total. The highest BCUT2D eigenvalue weighted by Gasteiger charge is 2.36. The number of halogens is 4. The molecule has 3 aromatic carbocycles. The van der Waals surface area contributed by atoms with E-state index in [1.165, 1.54) is 36.1 Å². The standard InChI is InChI=1S/C28H29ClF3N3O4S/c1-3-33-27(37)20(2)34(17-16-21-10-6-4-7-11-21)26(36)19-35(40(38,39)23-12-8-5-9-13-23)25-18-22(28(30,31)32)14-15-24(25)29/h4-15,18,20H,3,16-17,19H2,1-2H3,(H,33,37)/t20-/m1/s1. The van der Waals surface area contributed by atoms with Gasteiger partial charge in [0.1, 0.15) is 12.6 Å². The van der Waals surface area contributed by atoms with Gasteiger partial charge in [0, 0.05) is 13.1 Å². The van der Waals surface area contributed by atoms with Crippen LogP contribution in [0.15, 0.2) is 83.8 Å². The third kappa shape index (κ3) is 7.54. The molecule has 0 fully saturated rings. The Labute approximate surface area is 236 Å². The Morgan fingerprint density at radius 1 is 0.975 bits per heavy atom. The molecule has 0 radical (unpaired) electrons.